The number of imidazole rings is 1. The molecule has 0 bridgehead atoms. The fourth-order valence-corrected chi connectivity index (χ4v) is 7.70. The number of guanidine groups is 1. The van der Waals surface area contributed by atoms with Crippen molar-refractivity contribution < 1.29 is 28.8 Å². The molecule has 0 unspecified atom stereocenters. The number of carbonyl (C=O) groups is 6. The van der Waals surface area contributed by atoms with Crippen LogP contribution in [0.4, 0.5) is 0 Å². The lowest BCUT2D eigenvalue weighted by molar-refractivity contribution is -0.138. The number of fused-ring (bicyclic) bond motifs is 1. The number of aromatic nitrogens is 3. The van der Waals surface area contributed by atoms with Crippen LogP contribution in [0.3, 0.4) is 0 Å². The lowest BCUT2D eigenvalue weighted by Gasteiger charge is -2.35. The fraction of sp³-hybridized carbons (Fsp3) is 0.385. The van der Waals surface area contributed by atoms with Gasteiger partial charge in [-0.15, -0.1) is 11.8 Å². The zero-order valence-corrected chi connectivity index (χ0v) is 32.9. The number of aromatic amines is 2. The molecule has 18 nitrogen and oxygen atoms in total. The Morgan fingerprint density at radius 2 is 1.69 bits per heavy atom. The molecular weight excluding hydrogens is 765 g/mol. The van der Waals surface area contributed by atoms with Gasteiger partial charge in [-0.3, -0.25) is 33.8 Å². The highest BCUT2D eigenvalue weighted by Crippen LogP contribution is 2.22. The highest BCUT2D eigenvalue weighted by atomic mass is 32.2. The summed E-state index contributed by atoms with van der Waals surface area (Å²) < 4.78 is 0. The first kappa shape index (κ1) is 42.8. The van der Waals surface area contributed by atoms with Gasteiger partial charge in [-0.05, 0) is 30.0 Å². The summed E-state index contributed by atoms with van der Waals surface area (Å²) in [6.07, 6.45) is 5.79. The fourth-order valence-electron chi connectivity index (χ4n) is 6.77. The first-order valence-corrected chi connectivity index (χ1v) is 20.0. The molecule has 5 atom stereocenters. The quantitative estimate of drug-likeness (QED) is 0.0369. The maximum Gasteiger partial charge on any atom is 0.243 e. The van der Waals surface area contributed by atoms with Gasteiger partial charge in [-0.25, -0.2) is 4.98 Å². The third-order valence-corrected chi connectivity index (χ3v) is 10.6. The summed E-state index contributed by atoms with van der Waals surface area (Å²) in [6.45, 7) is 1.47. The number of aliphatic imine (C=N–C) groups is 1. The van der Waals surface area contributed by atoms with E-state index in [2.05, 4.69) is 41.2 Å². The van der Waals surface area contributed by atoms with Crippen LogP contribution in [0.25, 0.3) is 10.9 Å². The molecule has 0 saturated carbocycles. The second-order valence-electron chi connectivity index (χ2n) is 14.0. The number of H-pyrrole nitrogens is 2. The molecule has 2 aromatic heterocycles. The molecule has 1 fully saturated rings. The molecule has 6 amide bonds. The lowest BCUT2D eigenvalue weighted by Crippen LogP contribution is -2.60. The number of hydrogen-bond acceptors (Lipinski definition) is 9. The lowest BCUT2D eigenvalue weighted by atomic mass is 10.0. The van der Waals surface area contributed by atoms with Crippen LogP contribution in [0.15, 0.2) is 78.3 Å². The maximum absolute atomic E-state index is 14.1. The molecular formula is C39H50N12O6S. The molecule has 19 heteroatoms. The van der Waals surface area contributed by atoms with Gasteiger partial charge in [0, 0.05) is 80.1 Å². The number of benzene rings is 2. The zero-order chi connectivity index (χ0) is 41.6. The first-order chi connectivity index (χ1) is 27.9. The minimum Gasteiger partial charge on any atom is -0.370 e. The Kier molecular flexibility index (Phi) is 15.3. The van der Waals surface area contributed by atoms with Crippen molar-refractivity contribution >= 4 is 64.1 Å². The van der Waals surface area contributed by atoms with Gasteiger partial charge < -0.3 is 53.3 Å². The van der Waals surface area contributed by atoms with Gasteiger partial charge in [0.25, 0.3) is 0 Å². The maximum atomic E-state index is 14.1. The van der Waals surface area contributed by atoms with Crippen molar-refractivity contribution in [3.63, 3.8) is 0 Å². The number of nitrogens with zero attached hydrogens (tertiary/aromatic N) is 3. The van der Waals surface area contributed by atoms with Gasteiger partial charge in [0.1, 0.15) is 24.2 Å². The number of nitrogens with two attached hydrogens (primary N) is 3. The zero-order valence-electron chi connectivity index (χ0n) is 32.1. The number of rotatable bonds is 17. The number of carbonyl (C=O) groups excluding carboxylic acids is 6. The summed E-state index contributed by atoms with van der Waals surface area (Å²) in [7, 11) is 0. The molecule has 308 valence electrons. The SMILES string of the molecule is CC(=O)N[C@@H](Cc1cnc[nH]1)C(=O)N[C@H](Cc1ccccc1)C(=O)N[C@H]1CSCC(=O)N([C@@H](Cc2c[nH]c3ccccc23)C(N)=O)C[C@@H](CCCN=C(N)N)NC1=O. The van der Waals surface area contributed by atoms with Crippen molar-refractivity contribution in [2.75, 3.05) is 24.6 Å². The highest BCUT2D eigenvalue weighted by Gasteiger charge is 2.35. The standard InChI is InChI=1S/C39H50N12O6S/c1-23(52)47-31(16-27-18-43-22-46-27)37(56)49-30(14-24-8-3-2-4-9-24)36(55)50-32-20-58-21-34(53)51(19-26(48-38(32)57)10-7-13-44-39(41)42)33(35(40)54)15-25-17-45-29-12-6-5-11-28(25)29/h2-6,8-9,11-12,17-18,22,26,30-33,45H,7,10,13-16,19-21H2,1H3,(H2,40,54)(H,43,46)(H,47,52)(H,48,57)(H,49,56)(H,50,55)(H4,41,42,44)/t26-,30-,31+,32+,33+/m1/s1. The van der Waals surface area contributed by atoms with E-state index in [4.69, 9.17) is 17.2 Å². The van der Waals surface area contributed by atoms with E-state index >= 15 is 0 Å². The number of primary amides is 1. The predicted molar refractivity (Wildman–Crippen MR) is 220 cm³/mol. The Morgan fingerprint density at radius 3 is 2.40 bits per heavy atom. The van der Waals surface area contributed by atoms with E-state index in [9.17, 15) is 28.8 Å². The van der Waals surface area contributed by atoms with Crippen LogP contribution in [-0.2, 0) is 48.0 Å². The summed E-state index contributed by atoms with van der Waals surface area (Å²) in [5.41, 5.74) is 20.0. The Balaban J connectivity index is 1.36. The number of hydrogen-bond donors (Lipinski definition) is 9. The highest BCUT2D eigenvalue weighted by molar-refractivity contribution is 8.00. The van der Waals surface area contributed by atoms with Crippen LogP contribution >= 0.6 is 11.8 Å². The number of para-hydroxylation sites is 1. The topological polar surface area (TPSA) is 289 Å². The van der Waals surface area contributed by atoms with Gasteiger partial charge in [0.15, 0.2) is 5.96 Å². The summed E-state index contributed by atoms with van der Waals surface area (Å²) in [4.78, 5) is 96.5. The van der Waals surface area contributed by atoms with Gasteiger partial charge in [0.05, 0.1) is 12.1 Å². The van der Waals surface area contributed by atoms with E-state index in [1.807, 2.05) is 30.3 Å². The third kappa shape index (κ3) is 12.3. The van der Waals surface area contributed by atoms with Crippen molar-refractivity contribution in [2.45, 2.75) is 69.2 Å². The molecule has 2 aromatic carbocycles. The summed E-state index contributed by atoms with van der Waals surface area (Å²) in [5.74, 6) is -3.55. The average Bonchev–Trinajstić information content (AvgIpc) is 3.86. The van der Waals surface area contributed by atoms with Crippen LogP contribution in [0.5, 0.6) is 0 Å². The molecule has 1 aliphatic rings. The molecule has 1 saturated heterocycles. The van der Waals surface area contributed by atoms with Crippen LogP contribution in [0.1, 0.15) is 36.6 Å². The van der Waals surface area contributed by atoms with Crippen LogP contribution in [0, 0.1) is 0 Å². The van der Waals surface area contributed by atoms with Crippen LogP contribution in [-0.4, -0.2) is 116 Å². The number of nitrogens with one attached hydrogen (secondary N) is 6. The molecule has 5 rings (SSSR count). The molecule has 0 radical (unpaired) electrons. The van der Waals surface area contributed by atoms with Crippen LogP contribution < -0.4 is 38.5 Å². The molecule has 1 aliphatic heterocycles. The molecule has 3 heterocycles. The van der Waals surface area contributed by atoms with E-state index in [0.717, 1.165) is 33.8 Å². The summed E-state index contributed by atoms with van der Waals surface area (Å²) in [6, 6.07) is 11.6. The van der Waals surface area contributed by atoms with Crippen molar-refractivity contribution in [1.82, 2.24) is 41.1 Å². The summed E-state index contributed by atoms with van der Waals surface area (Å²) >= 11 is 1.11. The van der Waals surface area contributed by atoms with Gasteiger partial charge in [-0.1, -0.05) is 48.5 Å². The smallest absolute Gasteiger partial charge is 0.243 e. The molecule has 4 aromatic rings. The first-order valence-electron chi connectivity index (χ1n) is 18.8. The minimum atomic E-state index is -1.16. The Labute approximate surface area is 339 Å². The van der Waals surface area contributed by atoms with Gasteiger partial charge in [-0.2, -0.15) is 0 Å². The largest absolute Gasteiger partial charge is 0.370 e. The van der Waals surface area contributed by atoms with E-state index < -0.39 is 59.7 Å². The van der Waals surface area contributed by atoms with E-state index in [1.54, 1.807) is 30.5 Å². The second kappa shape index (κ2) is 20.7. The number of thioether (sulfide) groups is 1. The van der Waals surface area contributed by atoms with Crippen molar-refractivity contribution in [3.05, 3.63) is 90.1 Å². The van der Waals surface area contributed by atoms with E-state index in [1.165, 1.54) is 24.3 Å². The molecule has 0 aliphatic carbocycles. The Hall–Kier alpha value is -6.37. The van der Waals surface area contributed by atoms with E-state index in [0.29, 0.717) is 18.5 Å². The van der Waals surface area contributed by atoms with Crippen LogP contribution in [0.2, 0.25) is 0 Å². The monoisotopic (exact) mass is 814 g/mol. The molecule has 58 heavy (non-hydrogen) atoms. The van der Waals surface area contributed by atoms with Gasteiger partial charge in [0.2, 0.25) is 35.4 Å². The Morgan fingerprint density at radius 1 is 0.948 bits per heavy atom. The van der Waals surface area contributed by atoms with Crippen molar-refractivity contribution in [3.8, 4) is 0 Å². The van der Waals surface area contributed by atoms with Crippen molar-refractivity contribution in [1.29, 1.82) is 0 Å². The predicted octanol–water partition coefficient (Wildman–Crippen LogP) is -0.639. The molecule has 12 N–H and O–H groups in total. The van der Waals surface area contributed by atoms with Crippen molar-refractivity contribution in [2.24, 2.45) is 22.2 Å². The normalized spacial score (nSPS) is 17.6. The third-order valence-electron chi connectivity index (χ3n) is 9.61. The Bertz CT molecular complexity index is 2070. The van der Waals surface area contributed by atoms with E-state index in [-0.39, 0.29) is 55.7 Å². The minimum absolute atomic E-state index is 0.0120. The van der Waals surface area contributed by atoms with Gasteiger partial charge >= 0.3 is 0 Å². The molecule has 0 spiro atoms. The second-order valence-corrected chi connectivity index (χ2v) is 15.1. The number of amides is 6. The average molecular weight is 815 g/mol. The summed E-state index contributed by atoms with van der Waals surface area (Å²) in [5, 5.41) is 12.1.